The number of nitrogen functional groups attached to an aromatic ring is 1. The van der Waals surface area contributed by atoms with Crippen LogP contribution >= 0.6 is 0 Å². The van der Waals surface area contributed by atoms with E-state index in [4.69, 9.17) is 16.0 Å². The number of nitrogens with two attached hydrogens (primary N) is 2. The van der Waals surface area contributed by atoms with Gasteiger partial charge in [-0.15, -0.1) is 0 Å². The van der Waals surface area contributed by atoms with E-state index in [1.165, 1.54) is 12.1 Å². The Morgan fingerprint density at radius 2 is 2.00 bits per heavy atom. The van der Waals surface area contributed by atoms with Crippen LogP contribution in [0.3, 0.4) is 0 Å². The Bertz CT molecular complexity index is 522. The Kier molecular flexibility index (Phi) is 4.43. The summed E-state index contributed by atoms with van der Waals surface area (Å²) in [6.45, 7) is -0.406. The van der Waals surface area contributed by atoms with E-state index in [1.54, 1.807) is 0 Å². The van der Waals surface area contributed by atoms with Crippen molar-refractivity contribution in [1.29, 1.82) is 0 Å². The van der Waals surface area contributed by atoms with Gasteiger partial charge in [-0.3, -0.25) is 0 Å². The molecule has 0 amide bonds. The Labute approximate surface area is 103 Å². The zero-order valence-corrected chi connectivity index (χ0v) is 9.99. The van der Waals surface area contributed by atoms with Gasteiger partial charge in [0.25, 0.3) is 6.43 Å². The molecule has 102 valence electrons. The maximum absolute atomic E-state index is 12.0. The number of primary sulfonamides is 1. The molecule has 9 heteroatoms. The summed E-state index contributed by atoms with van der Waals surface area (Å²) in [6.07, 6.45) is -4.70. The van der Waals surface area contributed by atoms with Crippen LogP contribution in [0.5, 0.6) is 0 Å². The van der Waals surface area contributed by atoms with Crippen molar-refractivity contribution in [2.75, 3.05) is 17.6 Å². The number of hydrogen-bond acceptors (Lipinski definition) is 5. The van der Waals surface area contributed by atoms with Gasteiger partial charge in [0, 0.05) is 6.54 Å². The highest BCUT2D eigenvalue weighted by atomic mass is 32.2. The van der Waals surface area contributed by atoms with E-state index in [2.05, 4.69) is 5.32 Å². The van der Waals surface area contributed by atoms with E-state index in [0.717, 1.165) is 6.07 Å². The predicted octanol–water partition coefficient (Wildman–Crippen LogP) is -0.0459. The molecule has 0 aromatic heterocycles. The van der Waals surface area contributed by atoms with E-state index in [0.29, 0.717) is 0 Å². The Morgan fingerprint density at radius 1 is 1.39 bits per heavy atom. The lowest BCUT2D eigenvalue weighted by Crippen LogP contribution is -2.27. The first-order valence-electron chi connectivity index (χ1n) is 4.84. The van der Waals surface area contributed by atoms with Gasteiger partial charge in [-0.1, -0.05) is 0 Å². The predicted molar refractivity (Wildman–Crippen MR) is 62.7 cm³/mol. The molecule has 0 fully saturated rings. The minimum atomic E-state index is -3.86. The third kappa shape index (κ3) is 3.79. The van der Waals surface area contributed by atoms with Crippen molar-refractivity contribution in [3.05, 3.63) is 18.2 Å². The normalized spacial score (nSPS) is 13.6. The van der Waals surface area contributed by atoms with Gasteiger partial charge in [-0.2, -0.15) is 0 Å². The zero-order chi connectivity index (χ0) is 13.9. The van der Waals surface area contributed by atoms with E-state index in [9.17, 15) is 17.2 Å². The summed E-state index contributed by atoms with van der Waals surface area (Å²) < 4.78 is 46.1. The average Bonchev–Trinajstić information content (AvgIpc) is 2.25. The highest BCUT2D eigenvalue weighted by Gasteiger charge is 2.17. The first-order chi connectivity index (χ1) is 8.21. The molecular weight excluding hydrogens is 268 g/mol. The summed E-state index contributed by atoms with van der Waals surface area (Å²) in [6, 6.07) is 3.57. The first kappa shape index (κ1) is 14.6. The SMILES string of the molecule is Nc1cc(S(N)(=O)=O)ccc1NCC(O)C(F)F. The standard InChI is InChI=1S/C9H13F2N3O3S/c10-9(11)8(15)4-14-7-2-1-5(3-6(7)12)18(13,16)17/h1-3,8-9,14-15H,4,12H2,(H2,13,16,17). The van der Waals surface area contributed by atoms with Gasteiger partial charge >= 0.3 is 0 Å². The molecule has 1 unspecified atom stereocenters. The van der Waals surface area contributed by atoms with Crippen LogP contribution in [-0.2, 0) is 10.0 Å². The van der Waals surface area contributed by atoms with Crippen LogP contribution in [0.1, 0.15) is 0 Å². The van der Waals surface area contributed by atoms with Crippen LogP contribution in [0.4, 0.5) is 20.2 Å². The second-order valence-corrected chi connectivity index (χ2v) is 5.14. The topological polar surface area (TPSA) is 118 Å². The monoisotopic (exact) mass is 281 g/mol. The fourth-order valence-electron chi connectivity index (χ4n) is 1.18. The van der Waals surface area contributed by atoms with Crippen molar-refractivity contribution in [2.45, 2.75) is 17.4 Å². The molecule has 0 saturated heterocycles. The summed E-state index contributed by atoms with van der Waals surface area (Å²) in [4.78, 5) is -0.181. The molecule has 0 bridgehead atoms. The van der Waals surface area contributed by atoms with Gasteiger partial charge in [0.15, 0.2) is 0 Å². The maximum atomic E-state index is 12.0. The van der Waals surface area contributed by atoms with Gasteiger partial charge in [-0.05, 0) is 18.2 Å². The number of hydrogen-bond donors (Lipinski definition) is 4. The smallest absolute Gasteiger partial charge is 0.265 e. The summed E-state index contributed by atoms with van der Waals surface area (Å²) in [7, 11) is -3.86. The molecule has 0 aliphatic carbocycles. The Hall–Kier alpha value is -1.45. The number of nitrogens with one attached hydrogen (secondary N) is 1. The van der Waals surface area contributed by atoms with E-state index in [1.807, 2.05) is 0 Å². The van der Waals surface area contributed by atoms with Crippen LogP contribution in [0.25, 0.3) is 0 Å². The molecule has 0 aliphatic heterocycles. The number of halogens is 2. The van der Waals surface area contributed by atoms with Crippen LogP contribution in [0, 0.1) is 0 Å². The van der Waals surface area contributed by atoms with Crippen LogP contribution < -0.4 is 16.2 Å². The number of aliphatic hydroxyl groups excluding tert-OH is 1. The molecule has 0 radical (unpaired) electrons. The van der Waals surface area contributed by atoms with E-state index in [-0.39, 0.29) is 16.3 Å². The quantitative estimate of drug-likeness (QED) is 0.564. The highest BCUT2D eigenvalue weighted by Crippen LogP contribution is 2.22. The van der Waals surface area contributed by atoms with Crippen molar-refractivity contribution in [3.63, 3.8) is 0 Å². The van der Waals surface area contributed by atoms with Crippen molar-refractivity contribution in [1.82, 2.24) is 0 Å². The van der Waals surface area contributed by atoms with Gasteiger partial charge in [-0.25, -0.2) is 22.3 Å². The lowest BCUT2D eigenvalue weighted by molar-refractivity contribution is 0.00385. The first-order valence-corrected chi connectivity index (χ1v) is 6.39. The van der Waals surface area contributed by atoms with Crippen LogP contribution in [0.15, 0.2) is 23.1 Å². The zero-order valence-electron chi connectivity index (χ0n) is 9.18. The van der Waals surface area contributed by atoms with E-state index < -0.39 is 29.1 Å². The lowest BCUT2D eigenvalue weighted by atomic mass is 10.2. The molecular formula is C9H13F2N3O3S. The molecule has 1 rings (SSSR count). The van der Waals surface area contributed by atoms with Gasteiger partial charge in [0.2, 0.25) is 10.0 Å². The van der Waals surface area contributed by atoms with Gasteiger partial charge in [0.05, 0.1) is 16.3 Å². The Morgan fingerprint density at radius 3 is 2.44 bits per heavy atom. The number of anilines is 2. The molecule has 0 heterocycles. The third-order valence-electron chi connectivity index (χ3n) is 2.14. The number of rotatable bonds is 5. The van der Waals surface area contributed by atoms with Crippen molar-refractivity contribution in [2.24, 2.45) is 5.14 Å². The number of alkyl halides is 2. The van der Waals surface area contributed by atoms with Crippen molar-refractivity contribution >= 4 is 21.4 Å². The molecule has 6 N–H and O–H groups in total. The second-order valence-electron chi connectivity index (χ2n) is 3.58. The number of sulfonamides is 1. The number of benzene rings is 1. The fraction of sp³-hybridized carbons (Fsp3) is 0.333. The number of aliphatic hydroxyl groups is 1. The molecule has 0 aliphatic rings. The molecule has 1 atom stereocenters. The van der Waals surface area contributed by atoms with Crippen molar-refractivity contribution < 1.29 is 22.3 Å². The van der Waals surface area contributed by atoms with Crippen molar-refractivity contribution in [3.8, 4) is 0 Å². The molecule has 18 heavy (non-hydrogen) atoms. The minimum absolute atomic E-state index is 0.0305. The highest BCUT2D eigenvalue weighted by molar-refractivity contribution is 7.89. The van der Waals surface area contributed by atoms with Crippen LogP contribution in [0.2, 0.25) is 0 Å². The largest absolute Gasteiger partial charge is 0.397 e. The average molecular weight is 281 g/mol. The maximum Gasteiger partial charge on any atom is 0.265 e. The molecule has 6 nitrogen and oxygen atoms in total. The summed E-state index contributed by atoms with van der Waals surface area (Å²) in [5, 5.41) is 16.3. The van der Waals surface area contributed by atoms with Gasteiger partial charge < -0.3 is 16.2 Å². The fourth-order valence-corrected chi connectivity index (χ4v) is 1.73. The summed E-state index contributed by atoms with van der Waals surface area (Å²) >= 11 is 0. The molecule has 1 aromatic rings. The van der Waals surface area contributed by atoms with E-state index >= 15 is 0 Å². The van der Waals surface area contributed by atoms with Gasteiger partial charge in [0.1, 0.15) is 6.10 Å². The lowest BCUT2D eigenvalue weighted by Gasteiger charge is -2.13. The Balaban J connectivity index is 2.81. The minimum Gasteiger partial charge on any atom is -0.397 e. The van der Waals surface area contributed by atoms with Crippen LogP contribution in [-0.4, -0.2) is 32.6 Å². The summed E-state index contributed by atoms with van der Waals surface area (Å²) in [5.41, 5.74) is 5.80. The second kappa shape index (κ2) is 5.46. The summed E-state index contributed by atoms with van der Waals surface area (Å²) in [5.74, 6) is 0. The molecule has 0 spiro atoms. The molecule has 1 aromatic carbocycles. The third-order valence-corrected chi connectivity index (χ3v) is 3.06. The molecule has 0 saturated carbocycles.